The molecular formula is C11H16BNO4. The highest BCUT2D eigenvalue weighted by Gasteiger charge is 2.29. The number of nitrogens with zero attached hydrogens (tertiary/aromatic N) is 1. The number of hydrogen-bond donors (Lipinski definition) is 2. The maximum absolute atomic E-state index is 11.7. The molecule has 0 aliphatic carbocycles. The van der Waals surface area contributed by atoms with Crippen LogP contribution in [-0.4, -0.2) is 34.9 Å². The zero-order valence-corrected chi connectivity index (χ0v) is 9.96. The number of pyridine rings is 1. The van der Waals surface area contributed by atoms with Gasteiger partial charge in [-0.15, -0.1) is 0 Å². The summed E-state index contributed by atoms with van der Waals surface area (Å²) in [6, 6.07) is 3.32. The van der Waals surface area contributed by atoms with Gasteiger partial charge in [0.1, 0.15) is 0 Å². The molecule has 1 unspecified atom stereocenters. The molecule has 0 saturated carbocycles. The molecule has 0 radical (unpaired) electrons. The second kappa shape index (κ2) is 6.37. The van der Waals surface area contributed by atoms with Crippen LogP contribution in [0.3, 0.4) is 0 Å². The van der Waals surface area contributed by atoms with E-state index in [0.717, 1.165) is 6.42 Å². The molecule has 1 aromatic rings. The van der Waals surface area contributed by atoms with Crippen LogP contribution in [0.1, 0.15) is 31.2 Å². The van der Waals surface area contributed by atoms with E-state index in [-0.39, 0.29) is 0 Å². The van der Waals surface area contributed by atoms with Crippen molar-refractivity contribution in [1.29, 1.82) is 0 Å². The molecule has 1 atom stereocenters. The Morgan fingerprint density at radius 2 is 2.29 bits per heavy atom. The van der Waals surface area contributed by atoms with Crippen molar-refractivity contribution in [2.24, 2.45) is 0 Å². The molecule has 0 aromatic carbocycles. The lowest BCUT2D eigenvalue weighted by molar-refractivity contribution is -0.115. The van der Waals surface area contributed by atoms with Crippen LogP contribution >= 0.6 is 0 Å². The van der Waals surface area contributed by atoms with E-state index < -0.39 is 18.7 Å². The molecule has 0 amide bonds. The summed E-state index contributed by atoms with van der Waals surface area (Å²) in [6.45, 7) is 1.93. The fraction of sp³-hybridized carbons (Fsp3) is 0.455. The Morgan fingerprint density at radius 3 is 2.82 bits per heavy atom. The van der Waals surface area contributed by atoms with Gasteiger partial charge in [-0.1, -0.05) is 13.3 Å². The number of ether oxygens (including phenoxy) is 1. The molecule has 0 fully saturated rings. The molecule has 1 aromatic heterocycles. The first-order valence-corrected chi connectivity index (χ1v) is 5.50. The van der Waals surface area contributed by atoms with Gasteiger partial charge in [0, 0.05) is 18.2 Å². The third kappa shape index (κ3) is 3.54. The third-order valence-corrected chi connectivity index (χ3v) is 2.55. The molecular weight excluding hydrogens is 221 g/mol. The first-order valence-electron chi connectivity index (χ1n) is 5.50. The highest BCUT2D eigenvalue weighted by atomic mass is 16.5. The van der Waals surface area contributed by atoms with Crippen LogP contribution in [0.25, 0.3) is 0 Å². The van der Waals surface area contributed by atoms with Crippen molar-refractivity contribution in [2.75, 3.05) is 7.11 Å². The highest BCUT2D eigenvalue weighted by molar-refractivity contribution is 6.79. The Hall–Kier alpha value is -1.40. The van der Waals surface area contributed by atoms with Gasteiger partial charge in [0.2, 0.25) is 5.88 Å². The number of carbonyl (C=O) groups excluding carboxylic acids is 1. The molecule has 92 valence electrons. The van der Waals surface area contributed by atoms with Crippen LogP contribution in [0.2, 0.25) is 0 Å². The van der Waals surface area contributed by atoms with Crippen molar-refractivity contribution in [3.8, 4) is 5.88 Å². The SMILES string of the molecule is CCCC(C(=O)B(O)O)c1ccnc(OC)c1. The van der Waals surface area contributed by atoms with Crippen molar-refractivity contribution in [1.82, 2.24) is 4.98 Å². The van der Waals surface area contributed by atoms with Crippen molar-refractivity contribution in [2.45, 2.75) is 25.7 Å². The van der Waals surface area contributed by atoms with Crippen LogP contribution in [0.15, 0.2) is 18.3 Å². The largest absolute Gasteiger partial charge is 0.527 e. The summed E-state index contributed by atoms with van der Waals surface area (Å²) in [7, 11) is -0.449. The molecule has 2 N–H and O–H groups in total. The second-order valence-corrected chi connectivity index (χ2v) is 3.75. The lowest BCUT2D eigenvalue weighted by atomic mass is 9.72. The van der Waals surface area contributed by atoms with Gasteiger partial charge in [-0.3, -0.25) is 0 Å². The molecule has 1 heterocycles. The van der Waals surface area contributed by atoms with Gasteiger partial charge < -0.3 is 19.6 Å². The van der Waals surface area contributed by atoms with E-state index in [4.69, 9.17) is 14.8 Å². The molecule has 0 aliphatic heterocycles. The highest BCUT2D eigenvalue weighted by Crippen LogP contribution is 2.24. The molecule has 6 heteroatoms. The minimum atomic E-state index is -1.94. The van der Waals surface area contributed by atoms with Crippen molar-refractivity contribution in [3.63, 3.8) is 0 Å². The zero-order valence-electron chi connectivity index (χ0n) is 9.96. The van der Waals surface area contributed by atoms with E-state index in [1.807, 2.05) is 6.92 Å². The van der Waals surface area contributed by atoms with Gasteiger partial charge >= 0.3 is 7.12 Å². The van der Waals surface area contributed by atoms with E-state index in [1.54, 1.807) is 12.1 Å². The van der Waals surface area contributed by atoms with Crippen LogP contribution in [0, 0.1) is 0 Å². The Kier molecular flexibility index (Phi) is 5.12. The number of rotatable bonds is 6. The summed E-state index contributed by atoms with van der Waals surface area (Å²) in [6.07, 6.45) is 2.87. The van der Waals surface area contributed by atoms with Crippen LogP contribution < -0.4 is 4.74 Å². The third-order valence-electron chi connectivity index (χ3n) is 2.55. The Morgan fingerprint density at radius 1 is 1.59 bits per heavy atom. The number of methoxy groups -OCH3 is 1. The van der Waals surface area contributed by atoms with E-state index in [0.29, 0.717) is 17.9 Å². The molecule has 0 aliphatic rings. The normalized spacial score (nSPS) is 12.0. The topological polar surface area (TPSA) is 79.7 Å². The molecule has 1 rings (SSSR count). The minimum Gasteiger partial charge on any atom is -0.481 e. The standard InChI is InChI=1S/C11H16BNO4/c1-3-4-9(11(14)12(15)16)8-5-6-13-10(7-8)17-2/h5-7,9,15-16H,3-4H2,1-2H3. The fourth-order valence-corrected chi connectivity index (χ4v) is 1.69. The monoisotopic (exact) mass is 237 g/mol. The van der Waals surface area contributed by atoms with Crippen LogP contribution in [0.5, 0.6) is 5.88 Å². The Balaban J connectivity index is 3.00. The van der Waals surface area contributed by atoms with Gasteiger partial charge in [-0.05, 0) is 18.1 Å². The minimum absolute atomic E-state index is 0.406. The maximum Gasteiger partial charge on any atom is 0.527 e. The smallest absolute Gasteiger partial charge is 0.481 e. The Bertz CT molecular complexity index is 383. The predicted octanol–water partition coefficient (Wildman–Crippen LogP) is 0.555. The predicted molar refractivity (Wildman–Crippen MR) is 63.6 cm³/mol. The van der Waals surface area contributed by atoms with Crippen molar-refractivity contribution < 1.29 is 19.6 Å². The van der Waals surface area contributed by atoms with Gasteiger partial charge in [-0.25, -0.2) is 4.98 Å². The van der Waals surface area contributed by atoms with Crippen LogP contribution in [-0.2, 0) is 4.79 Å². The zero-order chi connectivity index (χ0) is 12.8. The second-order valence-electron chi connectivity index (χ2n) is 3.75. The average Bonchev–Trinajstić information content (AvgIpc) is 2.35. The van der Waals surface area contributed by atoms with Gasteiger partial charge in [0.05, 0.1) is 7.11 Å². The summed E-state index contributed by atoms with van der Waals surface area (Å²) in [5.74, 6) is -0.124. The molecule has 5 nitrogen and oxygen atoms in total. The van der Waals surface area contributed by atoms with Crippen molar-refractivity contribution >= 4 is 12.8 Å². The average molecular weight is 237 g/mol. The number of carbonyl (C=O) groups is 1. The molecule has 0 saturated heterocycles. The first kappa shape index (κ1) is 13.7. The van der Waals surface area contributed by atoms with Crippen molar-refractivity contribution in [3.05, 3.63) is 23.9 Å². The summed E-state index contributed by atoms with van der Waals surface area (Å²) in [5, 5.41) is 17.9. The fourth-order valence-electron chi connectivity index (χ4n) is 1.69. The van der Waals surface area contributed by atoms with E-state index in [2.05, 4.69) is 4.98 Å². The molecule has 0 spiro atoms. The van der Waals surface area contributed by atoms with E-state index in [1.165, 1.54) is 13.3 Å². The quantitative estimate of drug-likeness (QED) is 0.706. The number of aromatic nitrogens is 1. The lowest BCUT2D eigenvalue weighted by Gasteiger charge is -2.15. The molecule has 0 bridgehead atoms. The number of hydrogen-bond acceptors (Lipinski definition) is 5. The van der Waals surface area contributed by atoms with E-state index in [9.17, 15) is 4.79 Å². The Labute approximate surface area is 101 Å². The molecule has 17 heavy (non-hydrogen) atoms. The summed E-state index contributed by atoms with van der Waals surface area (Å²) in [5.41, 5.74) is 0.0944. The maximum atomic E-state index is 11.7. The van der Waals surface area contributed by atoms with Gasteiger partial charge in [0.25, 0.3) is 0 Å². The van der Waals surface area contributed by atoms with Gasteiger partial charge in [0.15, 0.2) is 5.68 Å². The summed E-state index contributed by atoms with van der Waals surface area (Å²) >= 11 is 0. The van der Waals surface area contributed by atoms with Crippen LogP contribution in [0.4, 0.5) is 0 Å². The first-order chi connectivity index (χ1) is 8.10. The lowest BCUT2D eigenvalue weighted by Crippen LogP contribution is -2.31. The van der Waals surface area contributed by atoms with E-state index >= 15 is 0 Å². The van der Waals surface area contributed by atoms with Gasteiger partial charge in [-0.2, -0.15) is 0 Å². The summed E-state index contributed by atoms with van der Waals surface area (Å²) in [4.78, 5) is 15.6. The summed E-state index contributed by atoms with van der Waals surface area (Å²) < 4.78 is 4.98.